The number of hydrogen-bond donors (Lipinski definition) is 0. The molecule has 0 aliphatic carbocycles. The van der Waals surface area contributed by atoms with Gasteiger partial charge in [0.2, 0.25) is 0 Å². The van der Waals surface area contributed by atoms with Gasteiger partial charge in [0.25, 0.3) is 5.91 Å². The fraction of sp³-hybridized carbons (Fsp3) is 0.263. The maximum Gasteiger partial charge on any atom is 0.252 e. The number of amidine groups is 1. The zero-order valence-electron chi connectivity index (χ0n) is 14.9. The van der Waals surface area contributed by atoms with Crippen molar-refractivity contribution in [1.82, 2.24) is 0 Å². The second-order valence-electron chi connectivity index (χ2n) is 6.86. The Balaban J connectivity index is 1.66. The van der Waals surface area contributed by atoms with Crippen LogP contribution in [0.15, 0.2) is 51.9 Å². The molecule has 4 rings (SSSR count). The lowest BCUT2D eigenvalue weighted by atomic mass is 10.1. The number of anilines is 1. The highest BCUT2D eigenvalue weighted by molar-refractivity contribution is 9.10. The molecule has 1 amide bonds. The molecule has 0 aromatic heterocycles. The summed E-state index contributed by atoms with van der Waals surface area (Å²) in [4.78, 5) is 18.7. The molecule has 2 unspecified atom stereocenters. The van der Waals surface area contributed by atoms with Gasteiger partial charge >= 0.3 is 0 Å². The van der Waals surface area contributed by atoms with Gasteiger partial charge in [0.15, 0.2) is 15.0 Å². The lowest BCUT2D eigenvalue weighted by molar-refractivity contribution is -0.117. The van der Waals surface area contributed by atoms with Crippen molar-refractivity contribution in [3.8, 4) is 0 Å². The fourth-order valence-corrected chi connectivity index (χ4v) is 8.26. The summed E-state index contributed by atoms with van der Waals surface area (Å²) in [5.74, 6) is -0.227. The summed E-state index contributed by atoms with van der Waals surface area (Å²) in [7, 11) is -3.14. The van der Waals surface area contributed by atoms with Crippen molar-refractivity contribution in [1.29, 1.82) is 0 Å². The average molecular weight is 534 g/mol. The van der Waals surface area contributed by atoms with Gasteiger partial charge in [-0.15, -0.1) is 0 Å². The summed E-state index contributed by atoms with van der Waals surface area (Å²) < 4.78 is 25.1. The molecule has 0 N–H and O–H groups in total. The third-order valence-corrected chi connectivity index (χ3v) is 8.98. The van der Waals surface area contributed by atoms with E-state index in [9.17, 15) is 13.2 Å². The highest BCUT2D eigenvalue weighted by Crippen LogP contribution is 2.43. The molecule has 29 heavy (non-hydrogen) atoms. The predicted octanol–water partition coefficient (Wildman–Crippen LogP) is 4.60. The zero-order valence-corrected chi connectivity index (χ0v) is 19.6. The standard InChI is InChI=1S/C19H15BrCl2N2O3S2/c20-12-3-6-15(14(22)8-12)24-16-9-29(26,27)10-17(16)28-19(24)23-18(25)7-11-1-4-13(21)5-2-11/h1-6,8,16-17H,7,9-10H2. The highest BCUT2D eigenvalue weighted by atomic mass is 79.9. The van der Waals surface area contributed by atoms with Crippen molar-refractivity contribution >= 4 is 77.5 Å². The molecule has 0 bridgehead atoms. The number of halogens is 3. The van der Waals surface area contributed by atoms with Crippen LogP contribution < -0.4 is 4.90 Å². The van der Waals surface area contributed by atoms with Gasteiger partial charge in [0, 0.05) is 14.7 Å². The first-order valence-electron chi connectivity index (χ1n) is 8.69. The molecule has 0 spiro atoms. The molecule has 2 saturated heterocycles. The summed E-state index contributed by atoms with van der Waals surface area (Å²) in [6, 6.07) is 12.1. The molecule has 152 valence electrons. The number of carbonyl (C=O) groups is 1. The van der Waals surface area contributed by atoms with E-state index in [1.54, 1.807) is 41.3 Å². The fourth-order valence-electron chi connectivity index (χ4n) is 3.45. The lowest BCUT2D eigenvalue weighted by Gasteiger charge is -2.25. The van der Waals surface area contributed by atoms with E-state index >= 15 is 0 Å². The van der Waals surface area contributed by atoms with Gasteiger partial charge in [-0.05, 0) is 35.9 Å². The molecule has 0 radical (unpaired) electrons. The quantitative estimate of drug-likeness (QED) is 0.576. The number of nitrogens with zero attached hydrogens (tertiary/aromatic N) is 2. The molecular formula is C19H15BrCl2N2O3S2. The number of amides is 1. The van der Waals surface area contributed by atoms with Crippen LogP contribution in [-0.2, 0) is 21.1 Å². The van der Waals surface area contributed by atoms with Crippen LogP contribution in [0.4, 0.5) is 5.69 Å². The van der Waals surface area contributed by atoms with Crippen LogP contribution in [0, 0.1) is 0 Å². The second-order valence-corrected chi connectivity index (χ2v) is 12.0. The number of hydrogen-bond acceptors (Lipinski definition) is 4. The van der Waals surface area contributed by atoms with E-state index in [4.69, 9.17) is 23.2 Å². The van der Waals surface area contributed by atoms with E-state index in [0.717, 1.165) is 10.0 Å². The van der Waals surface area contributed by atoms with Crippen LogP contribution in [0.5, 0.6) is 0 Å². The van der Waals surface area contributed by atoms with Gasteiger partial charge in [0.05, 0.1) is 34.7 Å². The minimum absolute atomic E-state index is 0.0153. The maximum absolute atomic E-state index is 12.6. The van der Waals surface area contributed by atoms with Crippen molar-refractivity contribution in [3.63, 3.8) is 0 Å². The molecule has 5 nitrogen and oxygen atoms in total. The van der Waals surface area contributed by atoms with Crippen LogP contribution >= 0.6 is 50.9 Å². The molecule has 2 aromatic carbocycles. The largest absolute Gasteiger partial charge is 0.314 e. The minimum Gasteiger partial charge on any atom is -0.314 e. The second kappa shape index (κ2) is 8.23. The van der Waals surface area contributed by atoms with Crippen LogP contribution in [-0.4, -0.2) is 42.3 Å². The third kappa shape index (κ3) is 4.66. The average Bonchev–Trinajstić information content (AvgIpc) is 3.08. The summed E-state index contributed by atoms with van der Waals surface area (Å²) >= 11 is 17.0. The number of aliphatic imine (C=N–C) groups is 1. The molecule has 2 heterocycles. The first-order valence-corrected chi connectivity index (χ1v) is 12.9. The van der Waals surface area contributed by atoms with E-state index in [-0.39, 0.29) is 35.1 Å². The molecule has 2 aromatic rings. The normalized spacial score (nSPS) is 24.1. The van der Waals surface area contributed by atoms with Gasteiger partial charge in [-0.1, -0.05) is 63.0 Å². The third-order valence-electron chi connectivity index (χ3n) is 4.72. The first kappa shape index (κ1) is 21.2. The monoisotopic (exact) mass is 532 g/mol. The van der Waals surface area contributed by atoms with E-state index < -0.39 is 9.84 Å². The van der Waals surface area contributed by atoms with E-state index in [0.29, 0.717) is 20.9 Å². The van der Waals surface area contributed by atoms with E-state index in [1.165, 1.54) is 11.8 Å². The Hall–Kier alpha value is -1.06. The van der Waals surface area contributed by atoms with Crippen LogP contribution in [0.25, 0.3) is 0 Å². The Labute approximate surface area is 191 Å². The summed E-state index contributed by atoms with van der Waals surface area (Å²) in [6.45, 7) is 0. The van der Waals surface area contributed by atoms with Crippen molar-refractivity contribution in [2.24, 2.45) is 4.99 Å². The van der Waals surface area contributed by atoms with Crippen molar-refractivity contribution in [3.05, 3.63) is 62.5 Å². The SMILES string of the molecule is O=C(Cc1ccc(Cl)cc1)N=C1SC2CS(=O)(=O)CC2N1c1ccc(Br)cc1Cl. The zero-order chi connectivity index (χ0) is 20.8. The molecule has 0 saturated carbocycles. The van der Waals surface area contributed by atoms with Crippen LogP contribution in [0.1, 0.15) is 5.56 Å². The molecule has 10 heteroatoms. The first-order chi connectivity index (χ1) is 13.7. The predicted molar refractivity (Wildman–Crippen MR) is 123 cm³/mol. The topological polar surface area (TPSA) is 66.8 Å². The van der Waals surface area contributed by atoms with Crippen molar-refractivity contribution in [2.45, 2.75) is 17.7 Å². The number of sulfone groups is 1. The number of thioether (sulfide) groups is 1. The van der Waals surface area contributed by atoms with Crippen molar-refractivity contribution < 1.29 is 13.2 Å². The summed E-state index contributed by atoms with van der Waals surface area (Å²) in [5, 5.41) is 1.37. The molecule has 2 aliphatic rings. The van der Waals surface area contributed by atoms with E-state index in [2.05, 4.69) is 20.9 Å². The van der Waals surface area contributed by atoms with Gasteiger partial charge in [-0.25, -0.2) is 8.42 Å². The lowest BCUT2D eigenvalue weighted by Crippen LogP contribution is -2.38. The van der Waals surface area contributed by atoms with Gasteiger partial charge in [-0.2, -0.15) is 4.99 Å². The Bertz CT molecular complexity index is 1110. The Kier molecular flexibility index (Phi) is 6.01. The maximum atomic E-state index is 12.6. The molecule has 2 atom stereocenters. The Morgan fingerprint density at radius 2 is 1.90 bits per heavy atom. The number of rotatable bonds is 3. The van der Waals surface area contributed by atoms with Crippen molar-refractivity contribution in [2.75, 3.05) is 16.4 Å². The summed E-state index contributed by atoms with van der Waals surface area (Å²) in [6.07, 6.45) is 0.136. The van der Waals surface area contributed by atoms with Gasteiger partial charge < -0.3 is 4.90 Å². The highest BCUT2D eigenvalue weighted by Gasteiger charge is 2.49. The summed E-state index contributed by atoms with van der Waals surface area (Å²) in [5.41, 5.74) is 1.45. The molecule has 2 fully saturated rings. The number of fused-ring (bicyclic) bond motifs is 1. The molecular weight excluding hydrogens is 519 g/mol. The molecule has 2 aliphatic heterocycles. The number of benzene rings is 2. The number of carbonyl (C=O) groups excluding carboxylic acids is 1. The minimum atomic E-state index is -3.14. The smallest absolute Gasteiger partial charge is 0.252 e. The Morgan fingerprint density at radius 1 is 1.17 bits per heavy atom. The van der Waals surface area contributed by atoms with Crippen LogP contribution in [0.3, 0.4) is 0 Å². The van der Waals surface area contributed by atoms with Gasteiger partial charge in [-0.3, -0.25) is 4.79 Å². The Morgan fingerprint density at radius 3 is 2.59 bits per heavy atom. The van der Waals surface area contributed by atoms with Gasteiger partial charge in [0.1, 0.15) is 0 Å². The van der Waals surface area contributed by atoms with Crippen LogP contribution in [0.2, 0.25) is 10.0 Å². The van der Waals surface area contributed by atoms with E-state index in [1.807, 2.05) is 6.07 Å².